The Labute approximate surface area is 162 Å². The lowest BCUT2D eigenvalue weighted by Gasteiger charge is -2.10. The number of hydrogen-bond acceptors (Lipinski definition) is 5. The predicted molar refractivity (Wildman–Crippen MR) is 106 cm³/mol. The Morgan fingerprint density at radius 2 is 1.79 bits per heavy atom. The Morgan fingerprint density at radius 1 is 1.07 bits per heavy atom. The quantitative estimate of drug-likeness (QED) is 0.651. The molecule has 1 heterocycles. The summed E-state index contributed by atoms with van der Waals surface area (Å²) in [5.74, 6) is 1.19. The van der Waals surface area contributed by atoms with Crippen LogP contribution in [0.4, 0.5) is 15.9 Å². The van der Waals surface area contributed by atoms with Crippen molar-refractivity contribution < 1.29 is 13.9 Å². The van der Waals surface area contributed by atoms with Crippen LogP contribution < -0.4 is 15.4 Å². The Hall–Kier alpha value is -3.48. The fourth-order valence-corrected chi connectivity index (χ4v) is 2.63. The Bertz CT molecular complexity index is 944. The van der Waals surface area contributed by atoms with E-state index in [0.717, 1.165) is 5.56 Å². The Balaban J connectivity index is 1.62. The fraction of sp³-hybridized carbons (Fsp3) is 0.190. The highest BCUT2D eigenvalue weighted by Gasteiger charge is 2.11. The van der Waals surface area contributed by atoms with Crippen LogP contribution in [0.2, 0.25) is 0 Å². The predicted octanol–water partition coefficient (Wildman–Crippen LogP) is 3.84. The summed E-state index contributed by atoms with van der Waals surface area (Å²) in [4.78, 5) is 21.0. The van der Waals surface area contributed by atoms with Gasteiger partial charge in [-0.05, 0) is 55.3 Å². The van der Waals surface area contributed by atoms with E-state index in [9.17, 15) is 9.18 Å². The fourth-order valence-electron chi connectivity index (χ4n) is 2.63. The molecule has 0 fully saturated rings. The number of hydrogen-bond donors (Lipinski definition) is 2. The van der Waals surface area contributed by atoms with Gasteiger partial charge in [-0.15, -0.1) is 0 Å². The Morgan fingerprint density at radius 3 is 2.46 bits per heavy atom. The molecule has 0 saturated heterocycles. The van der Waals surface area contributed by atoms with Gasteiger partial charge in [-0.1, -0.05) is 12.1 Å². The number of aryl methyl sites for hydroxylation is 1. The zero-order valence-electron chi connectivity index (χ0n) is 15.7. The van der Waals surface area contributed by atoms with Gasteiger partial charge in [0.05, 0.1) is 7.11 Å². The number of carbonyl (C=O) groups is 1. The van der Waals surface area contributed by atoms with Crippen molar-refractivity contribution in [3.05, 3.63) is 77.5 Å². The maximum absolute atomic E-state index is 13.0. The molecule has 2 aromatic carbocycles. The van der Waals surface area contributed by atoms with Crippen LogP contribution in [-0.4, -0.2) is 29.5 Å². The number of benzene rings is 2. The second-order valence-corrected chi connectivity index (χ2v) is 6.17. The van der Waals surface area contributed by atoms with Crippen molar-refractivity contribution in [2.45, 2.75) is 13.3 Å². The molecule has 28 heavy (non-hydrogen) atoms. The van der Waals surface area contributed by atoms with Crippen molar-refractivity contribution in [3.63, 3.8) is 0 Å². The third-order valence-electron chi connectivity index (χ3n) is 4.05. The summed E-state index contributed by atoms with van der Waals surface area (Å²) in [6.07, 6.45) is 0.705. The molecule has 144 valence electrons. The van der Waals surface area contributed by atoms with Crippen LogP contribution in [0.3, 0.4) is 0 Å². The van der Waals surface area contributed by atoms with Crippen LogP contribution in [0.15, 0.2) is 54.6 Å². The van der Waals surface area contributed by atoms with E-state index in [0.29, 0.717) is 36.0 Å². The van der Waals surface area contributed by atoms with E-state index < -0.39 is 0 Å². The molecule has 0 radical (unpaired) electrons. The number of anilines is 2. The average molecular weight is 380 g/mol. The molecule has 7 heteroatoms. The summed E-state index contributed by atoms with van der Waals surface area (Å²) in [6, 6.07) is 15.0. The molecule has 0 atom stereocenters. The maximum Gasteiger partial charge on any atom is 0.274 e. The number of nitrogens with zero attached hydrogens (tertiary/aromatic N) is 2. The zero-order chi connectivity index (χ0) is 19.9. The monoisotopic (exact) mass is 380 g/mol. The summed E-state index contributed by atoms with van der Waals surface area (Å²) in [6.45, 7) is 2.33. The summed E-state index contributed by atoms with van der Waals surface area (Å²) in [5.41, 5.74) is 1.93. The van der Waals surface area contributed by atoms with Crippen LogP contribution in [0.5, 0.6) is 5.75 Å². The van der Waals surface area contributed by atoms with Crippen molar-refractivity contribution >= 4 is 17.4 Å². The highest BCUT2D eigenvalue weighted by atomic mass is 19.1. The molecule has 0 aliphatic heterocycles. The molecule has 3 aromatic rings. The van der Waals surface area contributed by atoms with Crippen molar-refractivity contribution in [2.75, 3.05) is 24.3 Å². The van der Waals surface area contributed by atoms with E-state index in [1.54, 1.807) is 56.5 Å². The minimum Gasteiger partial charge on any atom is -0.497 e. The number of aromatic nitrogens is 2. The van der Waals surface area contributed by atoms with Crippen LogP contribution in [0.1, 0.15) is 21.9 Å². The topological polar surface area (TPSA) is 76.1 Å². The lowest BCUT2D eigenvalue weighted by Crippen LogP contribution is -2.16. The van der Waals surface area contributed by atoms with E-state index in [4.69, 9.17) is 4.74 Å². The largest absolute Gasteiger partial charge is 0.497 e. The first-order valence-electron chi connectivity index (χ1n) is 8.83. The van der Waals surface area contributed by atoms with Gasteiger partial charge in [0.25, 0.3) is 5.91 Å². The van der Waals surface area contributed by atoms with Gasteiger partial charge in [-0.2, -0.15) is 0 Å². The van der Waals surface area contributed by atoms with E-state index in [-0.39, 0.29) is 17.4 Å². The molecule has 0 unspecified atom stereocenters. The minimum atomic E-state index is -0.322. The van der Waals surface area contributed by atoms with Crippen LogP contribution >= 0.6 is 0 Å². The third kappa shape index (κ3) is 5.26. The smallest absolute Gasteiger partial charge is 0.274 e. The highest BCUT2D eigenvalue weighted by molar-refractivity contribution is 6.03. The number of rotatable bonds is 7. The number of methoxy groups -OCH3 is 1. The van der Waals surface area contributed by atoms with Gasteiger partial charge in [0.2, 0.25) is 0 Å². The molecule has 0 bridgehead atoms. The van der Waals surface area contributed by atoms with Crippen molar-refractivity contribution in [1.29, 1.82) is 0 Å². The van der Waals surface area contributed by atoms with Crippen LogP contribution in [0.25, 0.3) is 0 Å². The average Bonchev–Trinajstić information content (AvgIpc) is 2.69. The first-order valence-corrected chi connectivity index (χ1v) is 8.83. The van der Waals surface area contributed by atoms with E-state index in [2.05, 4.69) is 20.6 Å². The zero-order valence-corrected chi connectivity index (χ0v) is 15.7. The first-order chi connectivity index (χ1) is 13.5. The van der Waals surface area contributed by atoms with E-state index in [1.165, 1.54) is 12.1 Å². The third-order valence-corrected chi connectivity index (χ3v) is 4.05. The molecular weight excluding hydrogens is 359 g/mol. The molecule has 3 rings (SSSR count). The molecule has 6 nitrogen and oxygen atoms in total. The molecule has 1 aromatic heterocycles. The van der Waals surface area contributed by atoms with Gasteiger partial charge in [0.1, 0.15) is 28.9 Å². The molecule has 0 aliphatic carbocycles. The SMILES string of the molecule is COc1ccc(NC(=O)c2cc(NCCc3ccc(F)cc3)nc(C)n2)cc1. The highest BCUT2D eigenvalue weighted by Crippen LogP contribution is 2.16. The lowest BCUT2D eigenvalue weighted by molar-refractivity contribution is 0.102. The van der Waals surface area contributed by atoms with Gasteiger partial charge in [-0.3, -0.25) is 4.79 Å². The normalized spacial score (nSPS) is 10.4. The van der Waals surface area contributed by atoms with Gasteiger partial charge in [-0.25, -0.2) is 14.4 Å². The number of ether oxygens (including phenoxy) is 1. The lowest BCUT2D eigenvalue weighted by atomic mass is 10.1. The summed E-state index contributed by atoms with van der Waals surface area (Å²) in [7, 11) is 1.59. The second kappa shape index (κ2) is 8.94. The molecule has 1 amide bonds. The molecule has 0 aliphatic rings. The van der Waals surface area contributed by atoms with E-state index in [1.807, 2.05) is 0 Å². The van der Waals surface area contributed by atoms with Crippen molar-refractivity contribution in [3.8, 4) is 5.75 Å². The van der Waals surface area contributed by atoms with E-state index >= 15 is 0 Å². The van der Waals surface area contributed by atoms with Gasteiger partial charge < -0.3 is 15.4 Å². The summed E-state index contributed by atoms with van der Waals surface area (Å²) >= 11 is 0. The van der Waals surface area contributed by atoms with Crippen LogP contribution in [-0.2, 0) is 6.42 Å². The first kappa shape index (κ1) is 19.3. The molecular formula is C21H21FN4O2. The standard InChI is InChI=1S/C21H21FN4O2/c1-14-24-19(21(27)26-17-7-9-18(28-2)10-8-17)13-20(25-14)23-12-11-15-3-5-16(22)6-4-15/h3-10,13H,11-12H2,1-2H3,(H,26,27)(H,23,24,25). The maximum atomic E-state index is 13.0. The van der Waals surface area contributed by atoms with Gasteiger partial charge >= 0.3 is 0 Å². The number of carbonyl (C=O) groups excluding carboxylic acids is 1. The molecule has 0 spiro atoms. The van der Waals surface area contributed by atoms with Crippen molar-refractivity contribution in [2.24, 2.45) is 0 Å². The van der Waals surface area contributed by atoms with Gasteiger partial charge in [0.15, 0.2) is 0 Å². The summed E-state index contributed by atoms with van der Waals surface area (Å²) in [5, 5.41) is 5.98. The number of amides is 1. The molecule has 2 N–H and O–H groups in total. The number of halogens is 1. The van der Waals surface area contributed by atoms with Crippen molar-refractivity contribution in [1.82, 2.24) is 9.97 Å². The second-order valence-electron chi connectivity index (χ2n) is 6.17. The van der Waals surface area contributed by atoms with Gasteiger partial charge in [0, 0.05) is 18.3 Å². The van der Waals surface area contributed by atoms with Crippen LogP contribution in [0, 0.1) is 12.7 Å². The number of nitrogens with one attached hydrogen (secondary N) is 2. The Kier molecular flexibility index (Phi) is 6.16. The summed E-state index contributed by atoms with van der Waals surface area (Å²) < 4.78 is 18.1. The molecule has 0 saturated carbocycles. The minimum absolute atomic E-state index is 0.254.